The van der Waals surface area contributed by atoms with Crippen molar-refractivity contribution < 1.29 is 0 Å². The van der Waals surface area contributed by atoms with Crippen LogP contribution in [0, 0.1) is 0 Å². The van der Waals surface area contributed by atoms with Gasteiger partial charge < -0.3 is 16.4 Å². The van der Waals surface area contributed by atoms with E-state index in [1.54, 1.807) is 0 Å². The molecule has 0 saturated heterocycles. The van der Waals surface area contributed by atoms with E-state index in [0.29, 0.717) is 0 Å². The van der Waals surface area contributed by atoms with E-state index >= 15 is 0 Å². The van der Waals surface area contributed by atoms with Gasteiger partial charge in [-0.3, -0.25) is 0 Å². The van der Waals surface area contributed by atoms with E-state index in [4.69, 9.17) is 11.5 Å². The number of nitrogens with two attached hydrogens (primary N) is 2. The molecule has 108 valence electrons. The maximum atomic E-state index is 5.91. The lowest BCUT2D eigenvalue weighted by Gasteiger charge is -2.17. The minimum atomic E-state index is 0. The van der Waals surface area contributed by atoms with Crippen LogP contribution in [-0.4, -0.2) is 26.2 Å². The molecule has 0 spiro atoms. The summed E-state index contributed by atoms with van der Waals surface area (Å²) in [5, 5.41) is 0. The second kappa shape index (κ2) is 10.7. The van der Waals surface area contributed by atoms with E-state index in [-0.39, 0.29) is 49.3 Å². The highest BCUT2D eigenvalue weighted by atomic mass is 35.5. The quantitative estimate of drug-likeness (QED) is 0.895. The molecule has 4 N–H and O–H groups in total. The molecule has 0 aromatic heterocycles. The number of rotatable bonds is 4. The highest BCUT2D eigenvalue weighted by Gasteiger charge is 2.08. The summed E-state index contributed by atoms with van der Waals surface area (Å²) in [5.74, 6) is 0. The molecular weight excluding hydrogens is 293 g/mol. The molecule has 18 heavy (non-hydrogen) atoms. The fraction of sp³-hybridized carbons (Fsp3) is 0.500. The third-order valence-corrected chi connectivity index (χ3v) is 2.60. The van der Waals surface area contributed by atoms with Crippen molar-refractivity contribution in [1.29, 1.82) is 0 Å². The topological polar surface area (TPSA) is 55.3 Å². The average Bonchev–Trinajstić information content (AvgIpc) is 2.18. The molecule has 0 saturated carbocycles. The SMILES string of the molecule is CC(N)C(N)Cc1ccc(N(C)C)cc1.Cl.Cl.Cl. The molecule has 0 aliphatic carbocycles. The van der Waals surface area contributed by atoms with E-state index in [1.807, 2.05) is 21.0 Å². The van der Waals surface area contributed by atoms with Crippen LogP contribution in [0.25, 0.3) is 0 Å². The van der Waals surface area contributed by atoms with Crippen molar-refractivity contribution in [3.05, 3.63) is 29.8 Å². The van der Waals surface area contributed by atoms with Crippen molar-refractivity contribution in [1.82, 2.24) is 0 Å². The van der Waals surface area contributed by atoms with Crippen LogP contribution < -0.4 is 16.4 Å². The zero-order chi connectivity index (χ0) is 11.4. The molecule has 0 aliphatic rings. The summed E-state index contributed by atoms with van der Waals surface area (Å²) in [5.41, 5.74) is 14.1. The first-order valence-corrected chi connectivity index (χ1v) is 5.28. The summed E-state index contributed by atoms with van der Waals surface area (Å²) < 4.78 is 0. The molecule has 0 amide bonds. The Morgan fingerprint density at radius 1 is 1.00 bits per heavy atom. The van der Waals surface area contributed by atoms with Gasteiger partial charge in [0.25, 0.3) is 0 Å². The molecule has 6 heteroatoms. The Hall–Kier alpha value is -0.190. The fourth-order valence-corrected chi connectivity index (χ4v) is 1.39. The molecule has 1 aromatic rings. The zero-order valence-corrected chi connectivity index (χ0v) is 13.4. The molecule has 0 heterocycles. The monoisotopic (exact) mass is 315 g/mol. The summed E-state index contributed by atoms with van der Waals surface area (Å²) in [6, 6.07) is 8.50. The summed E-state index contributed by atoms with van der Waals surface area (Å²) in [7, 11) is 4.06. The normalized spacial score (nSPS) is 12.3. The van der Waals surface area contributed by atoms with Crippen LogP contribution in [0.15, 0.2) is 24.3 Å². The Morgan fingerprint density at radius 3 is 1.78 bits per heavy atom. The number of benzene rings is 1. The average molecular weight is 317 g/mol. The summed E-state index contributed by atoms with van der Waals surface area (Å²) in [6.07, 6.45) is 0.839. The van der Waals surface area contributed by atoms with Crippen molar-refractivity contribution in [3.63, 3.8) is 0 Å². The maximum absolute atomic E-state index is 5.91. The van der Waals surface area contributed by atoms with E-state index in [1.165, 1.54) is 11.3 Å². The Kier molecular flexibility index (Phi) is 13.6. The molecule has 0 aliphatic heterocycles. The van der Waals surface area contributed by atoms with Gasteiger partial charge in [0.15, 0.2) is 0 Å². The molecule has 1 rings (SSSR count). The number of halogens is 3. The van der Waals surface area contributed by atoms with E-state index in [9.17, 15) is 0 Å². The molecule has 3 nitrogen and oxygen atoms in total. The van der Waals surface area contributed by atoms with Crippen LogP contribution in [0.4, 0.5) is 5.69 Å². The zero-order valence-electron chi connectivity index (χ0n) is 11.0. The second-order valence-corrected chi connectivity index (χ2v) is 4.29. The molecule has 2 unspecified atom stereocenters. The van der Waals surface area contributed by atoms with Crippen LogP contribution in [0.2, 0.25) is 0 Å². The van der Waals surface area contributed by atoms with Gasteiger partial charge in [0.2, 0.25) is 0 Å². The van der Waals surface area contributed by atoms with Crippen molar-refractivity contribution in [2.75, 3.05) is 19.0 Å². The first kappa shape index (κ1) is 22.9. The largest absolute Gasteiger partial charge is 0.378 e. The highest BCUT2D eigenvalue weighted by molar-refractivity contribution is 5.86. The van der Waals surface area contributed by atoms with Crippen LogP contribution >= 0.6 is 37.2 Å². The molecular formula is C12H24Cl3N3. The Balaban J connectivity index is -0.000000750. The Morgan fingerprint density at radius 2 is 1.44 bits per heavy atom. The summed E-state index contributed by atoms with van der Waals surface area (Å²) in [4.78, 5) is 2.08. The number of hydrogen-bond acceptors (Lipinski definition) is 3. The van der Waals surface area contributed by atoms with Crippen LogP contribution in [-0.2, 0) is 6.42 Å². The maximum Gasteiger partial charge on any atom is 0.0361 e. The van der Waals surface area contributed by atoms with Gasteiger partial charge in [-0.2, -0.15) is 0 Å². The van der Waals surface area contributed by atoms with Gasteiger partial charge in [-0.25, -0.2) is 0 Å². The minimum Gasteiger partial charge on any atom is -0.378 e. The first-order chi connectivity index (χ1) is 7.00. The molecule has 2 atom stereocenters. The molecule has 0 radical (unpaired) electrons. The number of nitrogens with zero attached hydrogens (tertiary/aromatic N) is 1. The minimum absolute atomic E-state index is 0. The lowest BCUT2D eigenvalue weighted by atomic mass is 10.0. The first-order valence-electron chi connectivity index (χ1n) is 5.28. The molecule has 1 aromatic carbocycles. The van der Waals surface area contributed by atoms with Gasteiger partial charge >= 0.3 is 0 Å². The Bertz CT molecular complexity index is 302. The van der Waals surface area contributed by atoms with E-state index in [2.05, 4.69) is 29.2 Å². The fourth-order valence-electron chi connectivity index (χ4n) is 1.39. The second-order valence-electron chi connectivity index (χ2n) is 4.29. The van der Waals surface area contributed by atoms with Crippen molar-refractivity contribution in [3.8, 4) is 0 Å². The van der Waals surface area contributed by atoms with Crippen molar-refractivity contribution in [2.45, 2.75) is 25.4 Å². The predicted octanol–water partition coefficient (Wildman–Crippen LogP) is 2.24. The summed E-state index contributed by atoms with van der Waals surface area (Å²) >= 11 is 0. The lowest BCUT2D eigenvalue weighted by molar-refractivity contribution is 0.557. The third kappa shape index (κ3) is 7.29. The van der Waals surface area contributed by atoms with Crippen molar-refractivity contribution >= 4 is 42.9 Å². The lowest BCUT2D eigenvalue weighted by Crippen LogP contribution is -2.40. The standard InChI is InChI=1S/C12H21N3.3ClH/c1-9(13)12(14)8-10-4-6-11(7-5-10)15(2)3;;;/h4-7,9,12H,8,13-14H2,1-3H3;3*1H. The predicted molar refractivity (Wildman–Crippen MR) is 87.8 cm³/mol. The molecule has 0 fully saturated rings. The van der Waals surface area contributed by atoms with Gasteiger partial charge in [0.05, 0.1) is 0 Å². The number of hydrogen-bond donors (Lipinski definition) is 2. The van der Waals surface area contributed by atoms with Gasteiger partial charge in [0.1, 0.15) is 0 Å². The van der Waals surface area contributed by atoms with Gasteiger partial charge in [0, 0.05) is 31.9 Å². The van der Waals surface area contributed by atoms with Crippen molar-refractivity contribution in [2.24, 2.45) is 11.5 Å². The number of anilines is 1. The Labute approximate surface area is 129 Å². The highest BCUT2D eigenvalue weighted by Crippen LogP contribution is 2.13. The van der Waals surface area contributed by atoms with Gasteiger partial charge in [-0.05, 0) is 31.0 Å². The summed E-state index contributed by atoms with van der Waals surface area (Å²) in [6.45, 7) is 1.94. The van der Waals surface area contributed by atoms with Crippen LogP contribution in [0.3, 0.4) is 0 Å². The molecule has 0 bridgehead atoms. The van der Waals surface area contributed by atoms with E-state index < -0.39 is 0 Å². The van der Waals surface area contributed by atoms with Gasteiger partial charge in [-0.15, -0.1) is 37.2 Å². The van der Waals surface area contributed by atoms with Gasteiger partial charge in [-0.1, -0.05) is 12.1 Å². The van der Waals surface area contributed by atoms with Crippen LogP contribution in [0.1, 0.15) is 12.5 Å². The smallest absolute Gasteiger partial charge is 0.0361 e. The van der Waals surface area contributed by atoms with E-state index in [0.717, 1.165) is 6.42 Å². The third-order valence-electron chi connectivity index (χ3n) is 2.60. The van der Waals surface area contributed by atoms with Crippen LogP contribution in [0.5, 0.6) is 0 Å².